The van der Waals surface area contributed by atoms with Gasteiger partial charge in [0.05, 0.1) is 0 Å². The minimum Gasteiger partial charge on any atom is -0.328 e. The fourth-order valence-corrected chi connectivity index (χ4v) is 2.85. The van der Waals surface area contributed by atoms with Crippen LogP contribution in [0.1, 0.15) is 38.5 Å². The van der Waals surface area contributed by atoms with Gasteiger partial charge in [0.1, 0.15) is 0 Å². The molecular formula is C13H23N3O2. The van der Waals surface area contributed by atoms with Crippen LogP contribution in [0.3, 0.4) is 0 Å². The molecule has 2 N–H and O–H groups in total. The van der Waals surface area contributed by atoms with Crippen LogP contribution in [0.25, 0.3) is 0 Å². The van der Waals surface area contributed by atoms with Crippen LogP contribution < -0.4 is 5.73 Å². The summed E-state index contributed by atoms with van der Waals surface area (Å²) in [5.41, 5.74) is 5.89. The van der Waals surface area contributed by atoms with Crippen LogP contribution in [0.2, 0.25) is 0 Å². The summed E-state index contributed by atoms with van der Waals surface area (Å²) >= 11 is 0. The van der Waals surface area contributed by atoms with E-state index < -0.39 is 0 Å². The van der Waals surface area contributed by atoms with Crippen molar-refractivity contribution in [2.45, 2.75) is 50.6 Å². The lowest BCUT2D eigenvalue weighted by atomic mass is 9.91. The van der Waals surface area contributed by atoms with Gasteiger partial charge in [-0.05, 0) is 32.7 Å². The molecule has 1 aliphatic carbocycles. The third-order valence-corrected chi connectivity index (χ3v) is 4.20. The molecule has 1 saturated carbocycles. The number of hydrogen-bond donors (Lipinski definition) is 1. The Morgan fingerprint density at radius 3 is 2.28 bits per heavy atom. The second kappa shape index (κ2) is 5.80. The Kier molecular flexibility index (Phi) is 4.35. The minimum absolute atomic E-state index is 0.0148. The molecule has 1 aliphatic heterocycles. The molecule has 1 saturated heterocycles. The fraction of sp³-hybridized carbons (Fsp3) is 0.846. The van der Waals surface area contributed by atoms with Gasteiger partial charge in [0, 0.05) is 38.0 Å². The molecule has 0 unspecified atom stereocenters. The first-order valence-corrected chi connectivity index (χ1v) is 6.87. The molecule has 18 heavy (non-hydrogen) atoms. The Morgan fingerprint density at radius 2 is 1.72 bits per heavy atom. The molecule has 0 atom stereocenters. The maximum absolute atomic E-state index is 11.5. The molecule has 1 heterocycles. The van der Waals surface area contributed by atoms with E-state index >= 15 is 0 Å². The Hall–Kier alpha value is -0.940. The number of nitrogens with zero attached hydrogens (tertiary/aromatic N) is 2. The Bertz CT molecular complexity index is 308. The number of imide groups is 1. The van der Waals surface area contributed by atoms with Crippen LogP contribution in [0, 0.1) is 0 Å². The Morgan fingerprint density at radius 1 is 1.17 bits per heavy atom. The summed E-state index contributed by atoms with van der Waals surface area (Å²) in [5.74, 6) is -0.0295. The molecule has 5 heteroatoms. The summed E-state index contributed by atoms with van der Waals surface area (Å²) in [4.78, 5) is 26.6. The Balaban J connectivity index is 1.76. The van der Waals surface area contributed by atoms with Crippen molar-refractivity contribution in [3.63, 3.8) is 0 Å². The zero-order valence-corrected chi connectivity index (χ0v) is 11.1. The highest BCUT2D eigenvalue weighted by molar-refractivity contribution is 6.01. The number of likely N-dealkylation sites (tertiary alicyclic amines) is 1. The lowest BCUT2D eigenvalue weighted by molar-refractivity contribution is -0.138. The Labute approximate surface area is 108 Å². The predicted molar refractivity (Wildman–Crippen MR) is 68.8 cm³/mol. The van der Waals surface area contributed by atoms with Crippen LogP contribution in [0.4, 0.5) is 0 Å². The molecule has 0 bridgehead atoms. The van der Waals surface area contributed by atoms with E-state index in [0.717, 1.165) is 32.2 Å². The average Bonchev–Trinajstić information content (AvgIpc) is 2.67. The monoisotopic (exact) mass is 253 g/mol. The van der Waals surface area contributed by atoms with Crippen LogP contribution >= 0.6 is 0 Å². The summed E-state index contributed by atoms with van der Waals surface area (Å²) < 4.78 is 0. The molecular weight excluding hydrogens is 230 g/mol. The van der Waals surface area contributed by atoms with Crippen LogP contribution in [-0.2, 0) is 9.59 Å². The number of likely N-dealkylation sites (N-methyl/N-ethyl adjacent to an activating group) is 1. The van der Waals surface area contributed by atoms with E-state index in [1.165, 1.54) is 4.90 Å². The van der Waals surface area contributed by atoms with Crippen LogP contribution in [0.15, 0.2) is 0 Å². The average molecular weight is 253 g/mol. The highest BCUT2D eigenvalue weighted by atomic mass is 16.2. The topological polar surface area (TPSA) is 66.6 Å². The number of hydrogen-bond acceptors (Lipinski definition) is 4. The van der Waals surface area contributed by atoms with E-state index in [4.69, 9.17) is 5.73 Å². The second-order valence-corrected chi connectivity index (χ2v) is 5.49. The maximum atomic E-state index is 11.5. The lowest BCUT2D eigenvalue weighted by Gasteiger charge is -2.34. The summed E-state index contributed by atoms with van der Waals surface area (Å²) in [6.45, 7) is 1.31. The number of amides is 2. The quantitative estimate of drug-likeness (QED) is 0.734. The van der Waals surface area contributed by atoms with Gasteiger partial charge in [0.15, 0.2) is 0 Å². The van der Waals surface area contributed by atoms with Gasteiger partial charge in [-0.25, -0.2) is 0 Å². The highest BCUT2D eigenvalue weighted by Crippen LogP contribution is 2.21. The molecule has 2 aliphatic rings. The van der Waals surface area contributed by atoms with E-state index in [2.05, 4.69) is 11.9 Å². The van der Waals surface area contributed by atoms with Gasteiger partial charge in [0.25, 0.3) is 0 Å². The van der Waals surface area contributed by atoms with Crippen molar-refractivity contribution in [3.8, 4) is 0 Å². The normalized spacial score (nSPS) is 29.4. The fourth-order valence-electron chi connectivity index (χ4n) is 2.85. The summed E-state index contributed by atoms with van der Waals surface area (Å²) in [6, 6.07) is 0.911. The molecule has 0 aromatic heterocycles. The van der Waals surface area contributed by atoms with Crippen molar-refractivity contribution < 1.29 is 9.59 Å². The van der Waals surface area contributed by atoms with E-state index in [1.54, 1.807) is 0 Å². The largest absolute Gasteiger partial charge is 0.328 e. The van der Waals surface area contributed by atoms with Gasteiger partial charge < -0.3 is 10.6 Å². The van der Waals surface area contributed by atoms with Crippen molar-refractivity contribution in [1.82, 2.24) is 9.80 Å². The van der Waals surface area contributed by atoms with Gasteiger partial charge >= 0.3 is 0 Å². The smallest absolute Gasteiger partial charge is 0.229 e. The first kappa shape index (κ1) is 13.5. The minimum atomic E-state index is -0.0148. The van der Waals surface area contributed by atoms with Gasteiger partial charge in [-0.15, -0.1) is 0 Å². The molecule has 0 spiro atoms. The predicted octanol–water partition coefficient (Wildman–Crippen LogP) is 0.337. The number of carbonyl (C=O) groups is 2. The third-order valence-electron chi connectivity index (χ3n) is 4.20. The van der Waals surface area contributed by atoms with E-state index in [9.17, 15) is 9.59 Å². The van der Waals surface area contributed by atoms with E-state index in [1.807, 2.05) is 0 Å². The standard InChI is InChI=1S/C13H23N3O2/c1-15(11-4-2-10(14)3-5-11)8-9-16-12(17)6-7-13(16)18/h10-11H,2-9,14H2,1H3. The highest BCUT2D eigenvalue weighted by Gasteiger charge is 2.29. The summed E-state index contributed by atoms with van der Waals surface area (Å²) in [6.07, 6.45) is 5.19. The van der Waals surface area contributed by atoms with Crippen molar-refractivity contribution in [2.75, 3.05) is 20.1 Å². The maximum Gasteiger partial charge on any atom is 0.229 e. The van der Waals surface area contributed by atoms with Gasteiger partial charge in [-0.3, -0.25) is 14.5 Å². The number of nitrogens with two attached hydrogens (primary N) is 1. The van der Waals surface area contributed by atoms with Crippen molar-refractivity contribution in [2.24, 2.45) is 5.73 Å². The number of rotatable bonds is 4. The first-order chi connectivity index (χ1) is 8.58. The van der Waals surface area contributed by atoms with Gasteiger partial charge in [0.2, 0.25) is 11.8 Å². The third kappa shape index (κ3) is 3.09. The summed E-state index contributed by atoms with van der Waals surface area (Å²) in [5, 5.41) is 0. The van der Waals surface area contributed by atoms with E-state index in [-0.39, 0.29) is 11.8 Å². The van der Waals surface area contributed by atoms with Gasteiger partial charge in [-0.2, -0.15) is 0 Å². The van der Waals surface area contributed by atoms with E-state index in [0.29, 0.717) is 31.5 Å². The molecule has 102 valence electrons. The molecule has 2 fully saturated rings. The lowest BCUT2D eigenvalue weighted by Crippen LogP contribution is -2.43. The molecule has 5 nitrogen and oxygen atoms in total. The SMILES string of the molecule is CN(CCN1C(=O)CCC1=O)C1CCC(N)CC1. The molecule has 0 aromatic carbocycles. The van der Waals surface area contributed by atoms with Crippen molar-refractivity contribution in [3.05, 3.63) is 0 Å². The molecule has 2 rings (SSSR count). The van der Waals surface area contributed by atoms with Crippen LogP contribution in [0.5, 0.6) is 0 Å². The zero-order chi connectivity index (χ0) is 13.1. The van der Waals surface area contributed by atoms with Crippen LogP contribution in [-0.4, -0.2) is 53.8 Å². The second-order valence-electron chi connectivity index (χ2n) is 5.49. The molecule has 0 aromatic rings. The zero-order valence-electron chi connectivity index (χ0n) is 11.1. The van der Waals surface area contributed by atoms with Gasteiger partial charge in [-0.1, -0.05) is 0 Å². The molecule has 0 radical (unpaired) electrons. The van der Waals surface area contributed by atoms with Crippen molar-refractivity contribution in [1.29, 1.82) is 0 Å². The summed E-state index contributed by atoms with van der Waals surface area (Å²) in [7, 11) is 2.08. The van der Waals surface area contributed by atoms with Crippen molar-refractivity contribution >= 4 is 11.8 Å². The first-order valence-electron chi connectivity index (χ1n) is 6.87. The number of carbonyl (C=O) groups excluding carboxylic acids is 2. The molecule has 2 amide bonds.